The van der Waals surface area contributed by atoms with Crippen molar-refractivity contribution in [1.29, 1.82) is 0 Å². The summed E-state index contributed by atoms with van der Waals surface area (Å²) in [5, 5.41) is 13.6. The molecule has 2 aromatic rings. The molecular weight excluding hydrogens is 308 g/mol. The van der Waals surface area contributed by atoms with Gasteiger partial charge in [-0.25, -0.2) is 0 Å². The Kier molecular flexibility index (Phi) is 3.91. The molecule has 126 valence electrons. The number of carbonyl (C=O) groups is 2. The van der Waals surface area contributed by atoms with Gasteiger partial charge in [-0.2, -0.15) is 0 Å². The number of hydrogen-bond acceptors (Lipinski definition) is 3. The fourth-order valence-corrected chi connectivity index (χ4v) is 3.45. The van der Waals surface area contributed by atoms with E-state index in [1.807, 2.05) is 26.0 Å². The number of fused-ring (bicyclic) bond motifs is 1. The number of nitrogens with one attached hydrogen (secondary N) is 2. The Bertz CT molecular complexity index is 871. The zero-order valence-electron chi connectivity index (χ0n) is 13.6. The van der Waals surface area contributed by atoms with E-state index in [4.69, 9.17) is 0 Å². The van der Waals surface area contributed by atoms with Gasteiger partial charge in [0.05, 0.1) is 11.3 Å². The zero-order chi connectivity index (χ0) is 17.5. The minimum absolute atomic E-state index is 0.0975. The minimum Gasteiger partial charge on any atom is -0.481 e. The van der Waals surface area contributed by atoms with Crippen LogP contribution in [-0.2, 0) is 16.1 Å². The molecule has 2 unspecified atom stereocenters. The van der Waals surface area contributed by atoms with E-state index in [0.29, 0.717) is 11.8 Å². The lowest BCUT2D eigenvalue weighted by atomic mass is 9.89. The van der Waals surface area contributed by atoms with Gasteiger partial charge in [0.15, 0.2) is 0 Å². The lowest BCUT2D eigenvalue weighted by molar-refractivity contribution is -0.147. The van der Waals surface area contributed by atoms with Crippen LogP contribution >= 0.6 is 0 Å². The summed E-state index contributed by atoms with van der Waals surface area (Å²) in [6.07, 6.45) is 1.96. The van der Waals surface area contributed by atoms with Crippen molar-refractivity contribution in [3.8, 4) is 0 Å². The highest BCUT2D eigenvalue weighted by Crippen LogP contribution is 2.58. The van der Waals surface area contributed by atoms with Crippen LogP contribution in [0.5, 0.6) is 0 Å². The number of carboxylic acid groups (broad SMARTS) is 1. The first kappa shape index (κ1) is 16.2. The summed E-state index contributed by atoms with van der Waals surface area (Å²) in [5.41, 5.74) is -0.325. The number of H-pyrrole nitrogens is 1. The molecule has 24 heavy (non-hydrogen) atoms. The number of hydrogen-bond donors (Lipinski definition) is 3. The van der Waals surface area contributed by atoms with Crippen molar-refractivity contribution >= 4 is 22.6 Å². The summed E-state index contributed by atoms with van der Waals surface area (Å²) < 4.78 is 0. The quantitative estimate of drug-likeness (QED) is 0.780. The fourth-order valence-electron chi connectivity index (χ4n) is 3.45. The van der Waals surface area contributed by atoms with E-state index in [0.717, 1.165) is 10.9 Å². The predicted molar refractivity (Wildman–Crippen MR) is 89.4 cm³/mol. The van der Waals surface area contributed by atoms with Crippen LogP contribution in [-0.4, -0.2) is 22.0 Å². The largest absolute Gasteiger partial charge is 0.481 e. The molecule has 2 atom stereocenters. The Morgan fingerprint density at radius 3 is 2.58 bits per heavy atom. The Hall–Kier alpha value is -2.63. The third kappa shape index (κ3) is 2.48. The van der Waals surface area contributed by atoms with Crippen molar-refractivity contribution in [2.24, 2.45) is 17.3 Å². The van der Waals surface area contributed by atoms with Crippen molar-refractivity contribution < 1.29 is 14.7 Å². The van der Waals surface area contributed by atoms with Crippen LogP contribution in [0.15, 0.2) is 35.3 Å². The second-order valence-corrected chi connectivity index (χ2v) is 6.66. The lowest BCUT2D eigenvalue weighted by Crippen LogP contribution is -2.32. The highest BCUT2D eigenvalue weighted by molar-refractivity contribution is 5.93. The van der Waals surface area contributed by atoms with Crippen LogP contribution in [0, 0.1) is 17.3 Å². The first-order valence-electron chi connectivity index (χ1n) is 7.98. The number of carboxylic acids is 1. The summed E-state index contributed by atoms with van der Waals surface area (Å²) in [4.78, 5) is 38.3. The Labute approximate surface area is 138 Å². The van der Waals surface area contributed by atoms with Gasteiger partial charge >= 0.3 is 5.97 Å². The molecule has 3 rings (SSSR count). The van der Waals surface area contributed by atoms with Gasteiger partial charge in [0, 0.05) is 18.1 Å². The smallest absolute Gasteiger partial charge is 0.310 e. The lowest BCUT2D eigenvalue weighted by Gasteiger charge is -2.16. The molecule has 1 amide bonds. The normalized spacial score (nSPS) is 22.5. The minimum atomic E-state index is -0.947. The Morgan fingerprint density at radius 2 is 2.00 bits per heavy atom. The average Bonchev–Trinajstić information content (AvgIpc) is 3.32. The maximum atomic E-state index is 12.4. The Morgan fingerprint density at radius 1 is 1.33 bits per heavy atom. The van der Waals surface area contributed by atoms with Crippen molar-refractivity contribution in [2.45, 2.75) is 26.8 Å². The van der Waals surface area contributed by atoms with Gasteiger partial charge in [0.25, 0.3) is 5.56 Å². The van der Waals surface area contributed by atoms with E-state index in [9.17, 15) is 19.5 Å². The summed E-state index contributed by atoms with van der Waals surface area (Å²) in [7, 11) is 0. The van der Waals surface area contributed by atoms with Gasteiger partial charge in [-0.05, 0) is 29.4 Å². The van der Waals surface area contributed by atoms with Crippen LogP contribution in [0.1, 0.15) is 25.8 Å². The summed E-state index contributed by atoms with van der Waals surface area (Å²) in [6.45, 7) is 3.91. The van der Waals surface area contributed by atoms with E-state index in [1.165, 1.54) is 0 Å². The molecule has 6 nitrogen and oxygen atoms in total. The molecule has 1 aromatic heterocycles. The van der Waals surface area contributed by atoms with Crippen LogP contribution < -0.4 is 10.9 Å². The number of aliphatic carboxylic acids is 1. The molecular formula is C18H20N2O4. The standard InChI is InChI=1S/C18H20N2O4/c1-10(2)18(17(23)24)7-14(18)16(22)20-9-11-8-19-15(21)13-6-4-3-5-12(11)13/h3-6,8,10,14H,7,9H2,1-2H3,(H,19,21)(H,20,22)(H,23,24). The summed E-state index contributed by atoms with van der Waals surface area (Å²) >= 11 is 0. The molecule has 0 bridgehead atoms. The molecule has 3 N–H and O–H groups in total. The number of carbonyl (C=O) groups excluding carboxylic acids is 1. The SMILES string of the molecule is CC(C)C1(C(=O)O)CC1C(=O)NCc1c[nH]c(=O)c2ccccc12. The van der Waals surface area contributed by atoms with E-state index in [-0.39, 0.29) is 23.9 Å². The van der Waals surface area contributed by atoms with Crippen molar-refractivity contribution in [3.05, 3.63) is 46.4 Å². The van der Waals surface area contributed by atoms with Gasteiger partial charge in [-0.15, -0.1) is 0 Å². The molecule has 1 heterocycles. The number of amides is 1. The second kappa shape index (κ2) is 5.78. The monoisotopic (exact) mass is 328 g/mol. The molecule has 1 fully saturated rings. The molecule has 1 aromatic carbocycles. The fraction of sp³-hybridized carbons (Fsp3) is 0.389. The van der Waals surface area contributed by atoms with Crippen molar-refractivity contribution in [3.63, 3.8) is 0 Å². The number of rotatable bonds is 5. The topological polar surface area (TPSA) is 99.3 Å². The van der Waals surface area contributed by atoms with Crippen LogP contribution in [0.25, 0.3) is 10.8 Å². The molecule has 0 spiro atoms. The number of benzene rings is 1. The maximum Gasteiger partial charge on any atom is 0.310 e. The molecule has 1 saturated carbocycles. The molecule has 0 saturated heterocycles. The van der Waals surface area contributed by atoms with E-state index in [1.54, 1.807) is 18.3 Å². The molecule has 0 aliphatic heterocycles. The van der Waals surface area contributed by atoms with Crippen LogP contribution in [0.2, 0.25) is 0 Å². The highest BCUT2D eigenvalue weighted by Gasteiger charge is 2.65. The number of aromatic nitrogens is 1. The molecule has 0 radical (unpaired) electrons. The highest BCUT2D eigenvalue weighted by atomic mass is 16.4. The second-order valence-electron chi connectivity index (χ2n) is 6.66. The van der Waals surface area contributed by atoms with Crippen molar-refractivity contribution in [2.75, 3.05) is 0 Å². The first-order chi connectivity index (χ1) is 11.4. The maximum absolute atomic E-state index is 12.4. The van der Waals surface area contributed by atoms with Crippen molar-refractivity contribution in [1.82, 2.24) is 10.3 Å². The van der Waals surface area contributed by atoms with Crippen LogP contribution in [0.3, 0.4) is 0 Å². The van der Waals surface area contributed by atoms with Crippen LogP contribution in [0.4, 0.5) is 0 Å². The summed E-state index contributed by atoms with van der Waals surface area (Å²) in [6, 6.07) is 7.18. The molecule has 1 aliphatic carbocycles. The number of pyridine rings is 1. The molecule has 1 aliphatic rings. The van der Waals surface area contributed by atoms with Gasteiger partial charge < -0.3 is 15.4 Å². The van der Waals surface area contributed by atoms with E-state index < -0.39 is 17.3 Å². The Balaban J connectivity index is 1.76. The average molecular weight is 328 g/mol. The third-order valence-corrected chi connectivity index (χ3v) is 5.10. The van der Waals surface area contributed by atoms with Gasteiger partial charge in [-0.3, -0.25) is 14.4 Å². The van der Waals surface area contributed by atoms with Gasteiger partial charge in [-0.1, -0.05) is 32.0 Å². The van der Waals surface area contributed by atoms with Gasteiger partial charge in [0.2, 0.25) is 5.91 Å². The molecule has 6 heteroatoms. The van der Waals surface area contributed by atoms with E-state index in [2.05, 4.69) is 10.3 Å². The first-order valence-corrected chi connectivity index (χ1v) is 7.98. The predicted octanol–water partition coefficient (Wildman–Crippen LogP) is 1.89. The zero-order valence-corrected chi connectivity index (χ0v) is 13.6. The van der Waals surface area contributed by atoms with Gasteiger partial charge in [0.1, 0.15) is 0 Å². The summed E-state index contributed by atoms with van der Waals surface area (Å²) in [5.74, 6) is -1.75. The number of aromatic amines is 1. The third-order valence-electron chi connectivity index (χ3n) is 5.10. The van der Waals surface area contributed by atoms with E-state index >= 15 is 0 Å².